The number of rotatable bonds is 9. The molecular formula is C21H28O5. The number of aliphatic hydroxyl groups is 1. The fraction of sp³-hybridized carbons (Fsp3) is 0.476. The molecular weight excluding hydrogens is 332 g/mol. The highest BCUT2D eigenvalue weighted by atomic mass is 16.6. The highest BCUT2D eigenvalue weighted by Gasteiger charge is 2.31. The number of hydrogen-bond donors (Lipinski definition) is 1. The van der Waals surface area contributed by atoms with Crippen LogP contribution in [0.5, 0.6) is 0 Å². The number of hydrogen-bond acceptors (Lipinski definition) is 5. The molecule has 0 aliphatic heterocycles. The van der Waals surface area contributed by atoms with E-state index >= 15 is 0 Å². The van der Waals surface area contributed by atoms with Gasteiger partial charge in [-0.1, -0.05) is 59.2 Å². The van der Waals surface area contributed by atoms with E-state index in [2.05, 4.69) is 0 Å². The maximum Gasteiger partial charge on any atom is 0.345 e. The van der Waals surface area contributed by atoms with Crippen molar-refractivity contribution in [1.29, 1.82) is 0 Å². The van der Waals surface area contributed by atoms with Gasteiger partial charge in [0.2, 0.25) is 0 Å². The molecule has 0 saturated carbocycles. The smallest absolute Gasteiger partial charge is 0.345 e. The van der Waals surface area contributed by atoms with Gasteiger partial charge in [0, 0.05) is 11.8 Å². The van der Waals surface area contributed by atoms with E-state index in [1.165, 1.54) is 12.1 Å². The van der Waals surface area contributed by atoms with Crippen LogP contribution in [0.25, 0.3) is 0 Å². The van der Waals surface area contributed by atoms with Crippen LogP contribution in [0.2, 0.25) is 0 Å². The zero-order valence-corrected chi connectivity index (χ0v) is 16.1. The number of esters is 1. The first-order valence-corrected chi connectivity index (χ1v) is 8.94. The summed E-state index contributed by atoms with van der Waals surface area (Å²) in [4.78, 5) is 37.3. The van der Waals surface area contributed by atoms with Crippen LogP contribution in [0.15, 0.2) is 41.9 Å². The second-order valence-electron chi connectivity index (χ2n) is 7.19. The summed E-state index contributed by atoms with van der Waals surface area (Å²) in [6, 6.07) is 8.08. The van der Waals surface area contributed by atoms with Gasteiger partial charge in [-0.3, -0.25) is 9.59 Å². The van der Waals surface area contributed by atoms with E-state index in [9.17, 15) is 19.5 Å². The lowest BCUT2D eigenvalue weighted by molar-refractivity contribution is -0.125. The minimum absolute atomic E-state index is 0.218. The van der Waals surface area contributed by atoms with Crippen molar-refractivity contribution in [3.8, 4) is 0 Å². The van der Waals surface area contributed by atoms with Gasteiger partial charge in [0.1, 0.15) is 5.57 Å². The standard InChI is InChI=1S/C21H28O5/c1-13(2)11-12-15(5)19(23)17(18(22)14(3)4)21(25)26-20(24)16-9-7-6-8-10-16/h6-10,13-15,25H,11-12H2,1-5H3/b21-17-. The predicted octanol–water partition coefficient (Wildman–Crippen LogP) is 4.48. The molecule has 142 valence electrons. The molecule has 0 heterocycles. The molecule has 1 atom stereocenters. The van der Waals surface area contributed by atoms with Crippen LogP contribution < -0.4 is 0 Å². The zero-order chi connectivity index (χ0) is 19.9. The Labute approximate surface area is 155 Å². The van der Waals surface area contributed by atoms with Gasteiger partial charge in [-0.15, -0.1) is 0 Å². The number of carbonyl (C=O) groups is 3. The van der Waals surface area contributed by atoms with Gasteiger partial charge >= 0.3 is 5.97 Å². The third-order valence-electron chi connectivity index (χ3n) is 4.05. The normalized spacial score (nSPS) is 13.3. The number of ether oxygens (including phenoxy) is 1. The largest absolute Gasteiger partial charge is 0.480 e. The molecule has 0 aromatic heterocycles. The first-order chi connectivity index (χ1) is 12.1. The lowest BCUT2D eigenvalue weighted by Crippen LogP contribution is -2.26. The number of benzene rings is 1. The average Bonchev–Trinajstić information content (AvgIpc) is 2.60. The molecule has 0 radical (unpaired) electrons. The fourth-order valence-corrected chi connectivity index (χ4v) is 2.35. The van der Waals surface area contributed by atoms with Crippen molar-refractivity contribution in [2.75, 3.05) is 0 Å². The van der Waals surface area contributed by atoms with Gasteiger partial charge < -0.3 is 9.84 Å². The molecule has 0 bridgehead atoms. The lowest BCUT2D eigenvalue weighted by Gasteiger charge is -2.16. The van der Waals surface area contributed by atoms with E-state index in [1.54, 1.807) is 39.0 Å². The zero-order valence-electron chi connectivity index (χ0n) is 16.1. The molecule has 0 aliphatic carbocycles. The molecule has 1 aromatic rings. The molecule has 0 saturated heterocycles. The van der Waals surface area contributed by atoms with Crippen molar-refractivity contribution in [2.24, 2.45) is 17.8 Å². The molecule has 1 aromatic carbocycles. The van der Waals surface area contributed by atoms with Gasteiger partial charge in [0.25, 0.3) is 5.95 Å². The Balaban J connectivity index is 3.10. The Bertz CT molecular complexity index is 671. The first kappa shape index (κ1) is 21.6. The molecule has 0 spiro atoms. The molecule has 5 heteroatoms. The van der Waals surface area contributed by atoms with E-state index in [0.29, 0.717) is 12.3 Å². The topological polar surface area (TPSA) is 80.7 Å². The van der Waals surface area contributed by atoms with Gasteiger partial charge in [-0.05, 0) is 24.5 Å². The molecule has 0 fully saturated rings. The van der Waals surface area contributed by atoms with E-state index in [4.69, 9.17) is 4.74 Å². The van der Waals surface area contributed by atoms with Gasteiger partial charge in [0.05, 0.1) is 5.56 Å². The van der Waals surface area contributed by atoms with Gasteiger partial charge in [0.15, 0.2) is 11.6 Å². The quantitative estimate of drug-likeness (QED) is 0.231. The van der Waals surface area contributed by atoms with Crippen molar-refractivity contribution in [3.63, 3.8) is 0 Å². The Morgan fingerprint density at radius 1 is 0.923 bits per heavy atom. The molecule has 1 N–H and O–H groups in total. The van der Waals surface area contributed by atoms with Crippen molar-refractivity contribution in [3.05, 3.63) is 47.4 Å². The van der Waals surface area contributed by atoms with Crippen LogP contribution in [-0.4, -0.2) is 22.6 Å². The number of allylic oxidation sites excluding steroid dienone is 1. The van der Waals surface area contributed by atoms with Crippen molar-refractivity contribution in [2.45, 2.75) is 47.5 Å². The summed E-state index contributed by atoms with van der Waals surface area (Å²) < 4.78 is 4.92. The summed E-state index contributed by atoms with van der Waals surface area (Å²) in [5.74, 6) is -3.31. The molecule has 0 aliphatic rings. The first-order valence-electron chi connectivity index (χ1n) is 8.94. The summed E-state index contributed by atoms with van der Waals surface area (Å²) in [7, 11) is 0. The maximum atomic E-state index is 12.7. The van der Waals surface area contributed by atoms with Crippen LogP contribution >= 0.6 is 0 Å². The van der Waals surface area contributed by atoms with E-state index in [0.717, 1.165) is 6.42 Å². The fourth-order valence-electron chi connectivity index (χ4n) is 2.35. The van der Waals surface area contributed by atoms with Crippen molar-refractivity contribution in [1.82, 2.24) is 0 Å². The minimum atomic E-state index is -0.918. The Morgan fingerprint density at radius 3 is 2.00 bits per heavy atom. The molecule has 1 rings (SSSR count). The molecule has 1 unspecified atom stereocenters. The summed E-state index contributed by atoms with van der Waals surface area (Å²) >= 11 is 0. The Morgan fingerprint density at radius 2 is 1.50 bits per heavy atom. The van der Waals surface area contributed by atoms with Gasteiger partial charge in [-0.25, -0.2) is 4.79 Å². The third-order valence-corrected chi connectivity index (χ3v) is 4.05. The average molecular weight is 360 g/mol. The van der Waals surface area contributed by atoms with E-state index < -0.39 is 40.9 Å². The number of carbonyl (C=O) groups excluding carboxylic acids is 3. The number of Topliss-reactive ketones (excluding diaryl/α,β-unsaturated/α-hetero) is 2. The Hall–Kier alpha value is -2.43. The number of ketones is 2. The van der Waals surface area contributed by atoms with Crippen LogP contribution in [0.3, 0.4) is 0 Å². The van der Waals surface area contributed by atoms with Crippen LogP contribution in [0.1, 0.15) is 57.8 Å². The van der Waals surface area contributed by atoms with Crippen molar-refractivity contribution < 1.29 is 24.2 Å². The SMILES string of the molecule is CC(C)CCC(C)C(=O)/C(C(=O)C(C)C)=C(/O)OC(=O)c1ccccc1. The van der Waals surface area contributed by atoms with Crippen LogP contribution in [-0.2, 0) is 14.3 Å². The van der Waals surface area contributed by atoms with E-state index in [1.807, 2.05) is 13.8 Å². The minimum Gasteiger partial charge on any atom is -0.480 e. The monoisotopic (exact) mass is 360 g/mol. The summed E-state index contributed by atoms with van der Waals surface area (Å²) in [5, 5.41) is 10.3. The lowest BCUT2D eigenvalue weighted by atomic mass is 9.88. The Kier molecular flexibility index (Phi) is 8.23. The summed E-state index contributed by atoms with van der Waals surface area (Å²) in [5.41, 5.74) is -0.212. The van der Waals surface area contributed by atoms with Gasteiger partial charge in [-0.2, -0.15) is 0 Å². The molecule has 26 heavy (non-hydrogen) atoms. The second kappa shape index (κ2) is 9.90. The third kappa shape index (κ3) is 6.14. The van der Waals surface area contributed by atoms with E-state index in [-0.39, 0.29) is 5.56 Å². The van der Waals surface area contributed by atoms with Crippen LogP contribution in [0.4, 0.5) is 0 Å². The maximum absolute atomic E-state index is 12.7. The molecule has 5 nitrogen and oxygen atoms in total. The summed E-state index contributed by atoms with van der Waals surface area (Å²) in [6.45, 7) is 9.06. The molecule has 0 amide bonds. The summed E-state index contributed by atoms with van der Waals surface area (Å²) in [6.07, 6.45) is 1.41. The van der Waals surface area contributed by atoms with Crippen molar-refractivity contribution >= 4 is 17.5 Å². The highest BCUT2D eigenvalue weighted by Crippen LogP contribution is 2.21. The second-order valence-corrected chi connectivity index (χ2v) is 7.19. The highest BCUT2D eigenvalue weighted by molar-refractivity contribution is 6.21. The predicted molar refractivity (Wildman–Crippen MR) is 99.6 cm³/mol. The van der Waals surface area contributed by atoms with Crippen LogP contribution in [0, 0.1) is 17.8 Å². The number of aliphatic hydroxyl groups excluding tert-OH is 1.